The van der Waals surface area contributed by atoms with Crippen LogP contribution in [-0.2, 0) is 29.2 Å². The maximum absolute atomic E-state index is 6.63. The smallest absolute Gasteiger partial charge is 0.132 e. The first-order valence-corrected chi connectivity index (χ1v) is 13.5. The summed E-state index contributed by atoms with van der Waals surface area (Å²) < 4.78 is 24.9. The molecular weight excluding hydrogens is 510 g/mol. The monoisotopic (exact) mass is 543 g/mol. The van der Waals surface area contributed by atoms with Crippen LogP contribution in [0.2, 0.25) is 5.02 Å². The van der Waals surface area contributed by atoms with Crippen molar-refractivity contribution in [2.75, 3.05) is 12.4 Å². The molecule has 0 aromatic heterocycles. The van der Waals surface area contributed by atoms with E-state index in [0.29, 0.717) is 24.8 Å². The Bertz CT molecular complexity index is 1370. The van der Waals surface area contributed by atoms with E-state index in [-0.39, 0.29) is 12.2 Å². The number of hydrogen-bond donors (Lipinski definition) is 1. The molecule has 2 atom stereocenters. The maximum Gasteiger partial charge on any atom is 0.132 e. The Balaban J connectivity index is 1.40. The molecule has 4 aromatic carbocycles. The number of fused-ring (bicyclic) bond motifs is 1. The van der Waals surface area contributed by atoms with Gasteiger partial charge in [0.15, 0.2) is 0 Å². The molecule has 5 rings (SSSR count). The largest absolute Gasteiger partial charge is 0.497 e. The topological polar surface area (TPSA) is 49.0 Å². The van der Waals surface area contributed by atoms with Crippen LogP contribution in [0.4, 0.5) is 5.69 Å². The fraction of sp³-hybridized carbons (Fsp3) is 0.273. The Morgan fingerprint density at radius 2 is 1.54 bits per heavy atom. The third-order valence-electron chi connectivity index (χ3n) is 6.90. The number of nitrogens with one attached hydrogen (secondary N) is 1. The highest BCUT2D eigenvalue weighted by Crippen LogP contribution is 2.45. The molecule has 0 saturated carbocycles. The van der Waals surface area contributed by atoms with Gasteiger partial charge in [-0.05, 0) is 73.0 Å². The summed E-state index contributed by atoms with van der Waals surface area (Å²) in [6, 6.07) is 32.1. The Labute approximate surface area is 235 Å². The van der Waals surface area contributed by atoms with Gasteiger partial charge in [0.1, 0.15) is 29.3 Å². The Hall–Kier alpha value is -3.51. The number of rotatable bonds is 10. The van der Waals surface area contributed by atoms with Crippen LogP contribution in [0, 0.1) is 0 Å². The van der Waals surface area contributed by atoms with E-state index < -0.39 is 5.60 Å². The van der Waals surface area contributed by atoms with Crippen molar-refractivity contribution in [3.05, 3.63) is 124 Å². The van der Waals surface area contributed by atoms with E-state index in [9.17, 15) is 0 Å². The summed E-state index contributed by atoms with van der Waals surface area (Å²) in [6.07, 6.45) is -0.699. The van der Waals surface area contributed by atoms with Crippen molar-refractivity contribution in [3.63, 3.8) is 0 Å². The van der Waals surface area contributed by atoms with E-state index in [4.69, 9.17) is 30.5 Å². The van der Waals surface area contributed by atoms with Gasteiger partial charge in [-0.25, -0.2) is 0 Å². The predicted molar refractivity (Wildman–Crippen MR) is 155 cm³/mol. The second-order valence-corrected chi connectivity index (χ2v) is 10.7. The summed E-state index contributed by atoms with van der Waals surface area (Å²) >= 11 is 6.22. The van der Waals surface area contributed by atoms with E-state index >= 15 is 0 Å². The summed E-state index contributed by atoms with van der Waals surface area (Å²) in [5, 5.41) is 4.22. The van der Waals surface area contributed by atoms with Gasteiger partial charge in [-0.15, -0.1) is 0 Å². The average Bonchev–Trinajstić information content (AvgIpc) is 2.94. The van der Waals surface area contributed by atoms with Crippen LogP contribution in [0.25, 0.3) is 0 Å². The standard InChI is InChI=1S/C33H34ClNO4/c1-33(2)32(38-22-25-10-7-11-26(34)18-25)31(37-21-24-8-5-4-6-9-24)29-19-27(14-17-30(29)39-33)35-20-23-12-15-28(36-3)16-13-23/h4-19,31-32,35H,20-22H2,1-3H3. The quantitative estimate of drug-likeness (QED) is 0.220. The third kappa shape index (κ3) is 6.74. The van der Waals surface area contributed by atoms with Crippen LogP contribution in [0.15, 0.2) is 97.1 Å². The van der Waals surface area contributed by atoms with E-state index in [1.54, 1.807) is 7.11 Å². The van der Waals surface area contributed by atoms with Gasteiger partial charge in [0.05, 0.1) is 20.3 Å². The summed E-state index contributed by atoms with van der Waals surface area (Å²) in [5.41, 5.74) is 4.58. The third-order valence-corrected chi connectivity index (χ3v) is 7.13. The zero-order valence-corrected chi connectivity index (χ0v) is 23.3. The lowest BCUT2D eigenvalue weighted by molar-refractivity contribution is -0.170. The number of halogens is 1. The number of anilines is 1. The van der Waals surface area contributed by atoms with Gasteiger partial charge in [0, 0.05) is 22.8 Å². The first-order chi connectivity index (χ1) is 18.9. The molecule has 1 aliphatic rings. The minimum atomic E-state index is -0.620. The highest BCUT2D eigenvalue weighted by atomic mass is 35.5. The fourth-order valence-corrected chi connectivity index (χ4v) is 5.04. The normalized spacial score (nSPS) is 17.6. The predicted octanol–water partition coefficient (Wildman–Crippen LogP) is 7.98. The van der Waals surface area contributed by atoms with Gasteiger partial charge in [-0.3, -0.25) is 0 Å². The van der Waals surface area contributed by atoms with Crippen LogP contribution in [-0.4, -0.2) is 18.8 Å². The highest BCUT2D eigenvalue weighted by molar-refractivity contribution is 6.30. The number of ether oxygens (including phenoxy) is 4. The van der Waals surface area contributed by atoms with Crippen molar-refractivity contribution in [1.82, 2.24) is 0 Å². The molecule has 6 heteroatoms. The molecule has 1 aliphatic heterocycles. The lowest BCUT2D eigenvalue weighted by atomic mass is 9.87. The van der Waals surface area contributed by atoms with Gasteiger partial charge in [-0.2, -0.15) is 0 Å². The van der Waals surface area contributed by atoms with Crippen molar-refractivity contribution in [2.45, 2.75) is 51.4 Å². The molecule has 1 heterocycles. The van der Waals surface area contributed by atoms with Crippen molar-refractivity contribution >= 4 is 17.3 Å². The van der Waals surface area contributed by atoms with Gasteiger partial charge in [0.25, 0.3) is 0 Å². The molecule has 0 saturated heterocycles. The molecule has 1 N–H and O–H groups in total. The van der Waals surface area contributed by atoms with E-state index in [2.05, 4.69) is 35.6 Å². The van der Waals surface area contributed by atoms with Crippen molar-refractivity contribution in [2.24, 2.45) is 0 Å². The Morgan fingerprint density at radius 3 is 2.28 bits per heavy atom. The summed E-state index contributed by atoms with van der Waals surface area (Å²) in [6.45, 7) is 5.63. The summed E-state index contributed by atoms with van der Waals surface area (Å²) in [4.78, 5) is 0. The Kier molecular flexibility index (Phi) is 8.41. The Morgan fingerprint density at radius 1 is 0.795 bits per heavy atom. The van der Waals surface area contributed by atoms with Gasteiger partial charge in [-0.1, -0.05) is 66.2 Å². The van der Waals surface area contributed by atoms with Crippen LogP contribution in [0.1, 0.15) is 42.2 Å². The summed E-state index contributed by atoms with van der Waals surface area (Å²) in [5.74, 6) is 1.64. The van der Waals surface area contributed by atoms with E-state index in [1.807, 2.05) is 80.6 Å². The molecular formula is C33H34ClNO4. The lowest BCUT2D eigenvalue weighted by Crippen LogP contribution is -2.50. The molecule has 4 aromatic rings. The second-order valence-electron chi connectivity index (χ2n) is 10.2. The average molecular weight is 544 g/mol. The van der Waals surface area contributed by atoms with Crippen LogP contribution < -0.4 is 14.8 Å². The van der Waals surface area contributed by atoms with Crippen molar-refractivity contribution in [3.8, 4) is 11.5 Å². The highest BCUT2D eigenvalue weighted by Gasteiger charge is 2.45. The minimum absolute atomic E-state index is 0.342. The first-order valence-electron chi connectivity index (χ1n) is 13.1. The van der Waals surface area contributed by atoms with Gasteiger partial charge < -0.3 is 24.3 Å². The second kappa shape index (κ2) is 12.1. The molecule has 0 spiro atoms. The molecule has 0 aliphatic carbocycles. The number of benzene rings is 4. The molecule has 0 fully saturated rings. The molecule has 0 amide bonds. The molecule has 0 radical (unpaired) electrons. The number of hydrogen-bond acceptors (Lipinski definition) is 5. The fourth-order valence-electron chi connectivity index (χ4n) is 4.83. The van der Waals surface area contributed by atoms with Crippen molar-refractivity contribution in [1.29, 1.82) is 0 Å². The first kappa shape index (κ1) is 27.1. The van der Waals surface area contributed by atoms with Gasteiger partial charge >= 0.3 is 0 Å². The maximum atomic E-state index is 6.63. The van der Waals surface area contributed by atoms with Crippen molar-refractivity contribution < 1.29 is 18.9 Å². The van der Waals surface area contributed by atoms with Crippen LogP contribution in [0.5, 0.6) is 11.5 Å². The van der Waals surface area contributed by atoms with Crippen LogP contribution in [0.3, 0.4) is 0 Å². The molecule has 5 nitrogen and oxygen atoms in total. The molecule has 202 valence electrons. The summed E-state index contributed by atoms with van der Waals surface area (Å²) in [7, 11) is 1.67. The van der Waals surface area contributed by atoms with Crippen LogP contribution >= 0.6 is 11.6 Å². The van der Waals surface area contributed by atoms with E-state index in [0.717, 1.165) is 39.4 Å². The zero-order chi connectivity index (χ0) is 27.2. The van der Waals surface area contributed by atoms with E-state index in [1.165, 1.54) is 0 Å². The number of methoxy groups -OCH3 is 1. The zero-order valence-electron chi connectivity index (χ0n) is 22.5. The molecule has 0 bridgehead atoms. The molecule has 39 heavy (non-hydrogen) atoms. The lowest BCUT2D eigenvalue weighted by Gasteiger charge is -2.44. The van der Waals surface area contributed by atoms with Gasteiger partial charge in [0.2, 0.25) is 0 Å². The minimum Gasteiger partial charge on any atom is -0.497 e. The molecule has 2 unspecified atom stereocenters. The SMILES string of the molecule is COc1ccc(CNc2ccc3c(c2)C(OCc2ccccc2)C(OCc2cccc(Cl)c2)C(C)(C)O3)cc1.